The SMILES string of the molecule is Ic1cc2c3c(c1)-c1cc(-c4c(-c5ccccc5)cc(-c5ccccc5)cc4-c4ccccc4)c4cc5c6c(cc(-c7c(-c8ccccc8)cc(-c8ccccc8)cc7-c7ccccc7)c7cc(c1c4c76)B3c1ccc(-c3ccccc3)cc1-2)-c1cc(I)cc2c1B5c1ccc(-c3ccccc3)cc1-2. The van der Waals surface area contributed by atoms with Crippen LogP contribution in [0.15, 0.2) is 352 Å². The summed E-state index contributed by atoms with van der Waals surface area (Å²) in [6.07, 6.45) is 0. The van der Waals surface area contributed by atoms with Gasteiger partial charge in [-0.25, -0.2) is 0 Å². The van der Waals surface area contributed by atoms with Gasteiger partial charge >= 0.3 is 0 Å². The van der Waals surface area contributed by atoms with Crippen molar-refractivity contribution in [3.05, 3.63) is 359 Å². The molecule has 0 N–H and O–H groups in total. The molecule has 0 saturated heterocycles. The molecule has 0 bridgehead atoms. The van der Waals surface area contributed by atoms with E-state index in [1.807, 2.05) is 0 Å². The average molecular weight is 1530 g/mol. The quantitative estimate of drug-likeness (QED) is 0.0727. The fourth-order valence-electron chi connectivity index (χ4n) is 18.8. The average Bonchev–Trinajstić information content (AvgIpc) is 1.23. The van der Waals surface area contributed by atoms with E-state index in [2.05, 4.69) is 397 Å². The second kappa shape index (κ2) is 23.6. The normalized spacial score (nSPS) is 12.5. The first-order valence-electron chi connectivity index (χ1n) is 36.0. The second-order valence-corrected chi connectivity index (χ2v) is 31.1. The van der Waals surface area contributed by atoms with Gasteiger partial charge in [0.1, 0.15) is 0 Å². The molecule has 0 aromatic heterocycles. The van der Waals surface area contributed by atoms with E-state index in [0.29, 0.717) is 0 Å². The van der Waals surface area contributed by atoms with E-state index in [1.165, 1.54) is 228 Å². The molecule has 4 heterocycles. The summed E-state index contributed by atoms with van der Waals surface area (Å²) in [7, 11) is 0. The highest BCUT2D eigenvalue weighted by molar-refractivity contribution is 14.1. The van der Waals surface area contributed by atoms with E-state index in [4.69, 9.17) is 0 Å². The summed E-state index contributed by atoms with van der Waals surface area (Å²) >= 11 is 5.27. The van der Waals surface area contributed by atoms with Gasteiger partial charge in [0.2, 0.25) is 13.4 Å². The third-order valence-electron chi connectivity index (χ3n) is 23.1. The van der Waals surface area contributed by atoms with Crippen molar-refractivity contribution in [1.29, 1.82) is 0 Å². The van der Waals surface area contributed by atoms with E-state index in [1.54, 1.807) is 0 Å². The third kappa shape index (κ3) is 9.11. The lowest BCUT2D eigenvalue weighted by Gasteiger charge is -2.33. The summed E-state index contributed by atoms with van der Waals surface area (Å²) < 4.78 is 2.45. The third-order valence-corrected chi connectivity index (χ3v) is 24.4. The van der Waals surface area contributed by atoms with E-state index in [-0.39, 0.29) is 13.4 Å². The van der Waals surface area contributed by atoms with Crippen molar-refractivity contribution < 1.29 is 0 Å². The highest BCUT2D eigenvalue weighted by atomic mass is 127. The Hall–Kier alpha value is -11.4. The van der Waals surface area contributed by atoms with Crippen LogP contribution in [0.5, 0.6) is 0 Å². The van der Waals surface area contributed by atoms with Crippen LogP contribution in [0.4, 0.5) is 0 Å². The van der Waals surface area contributed by atoms with Crippen LogP contribution in [0.2, 0.25) is 0 Å². The minimum absolute atomic E-state index is 0.0559. The van der Waals surface area contributed by atoms with Crippen molar-refractivity contribution in [2.24, 2.45) is 0 Å². The van der Waals surface area contributed by atoms with Crippen LogP contribution >= 0.6 is 45.2 Å². The lowest BCUT2D eigenvalue weighted by molar-refractivity contribution is 1.55. The summed E-state index contributed by atoms with van der Waals surface area (Å²) in [5.74, 6) is 0. The van der Waals surface area contributed by atoms with Gasteiger partial charge in [0.15, 0.2) is 0 Å². The number of fused-ring (bicyclic) bond motifs is 10. The summed E-state index contributed by atoms with van der Waals surface area (Å²) in [5, 5.41) is 7.88. The maximum Gasteiger partial charge on any atom is 0.244 e. The molecule has 0 amide bonds. The van der Waals surface area contributed by atoms with Crippen molar-refractivity contribution in [3.63, 3.8) is 0 Å². The zero-order valence-corrected chi connectivity index (χ0v) is 60.7. The van der Waals surface area contributed by atoms with Gasteiger partial charge in [-0.2, -0.15) is 0 Å². The fourth-order valence-corrected chi connectivity index (χ4v) is 20.1. The Balaban J connectivity index is 0.972. The first kappa shape index (κ1) is 60.2. The maximum absolute atomic E-state index is 2.73. The van der Waals surface area contributed by atoms with Crippen LogP contribution in [0.1, 0.15) is 0 Å². The highest BCUT2D eigenvalue weighted by Gasteiger charge is 2.46. The molecule has 22 rings (SSSR count). The fraction of sp³-hybridized carbons (Fsp3) is 0. The van der Waals surface area contributed by atoms with Gasteiger partial charge in [-0.15, -0.1) is 0 Å². The molecule has 18 aromatic rings. The summed E-state index contributed by atoms with van der Waals surface area (Å²) in [4.78, 5) is 0. The lowest BCUT2D eigenvalue weighted by Crippen LogP contribution is -2.53. The number of hydrogen-bond donors (Lipinski definition) is 0. The monoisotopic (exact) mass is 1530 g/mol. The van der Waals surface area contributed by atoms with Gasteiger partial charge in [-0.1, -0.05) is 312 Å². The Kier molecular flexibility index (Phi) is 13.6. The molecule has 0 saturated carbocycles. The van der Waals surface area contributed by atoms with Crippen molar-refractivity contribution >= 4 is 124 Å². The molecular weight excluding hydrogens is 1480 g/mol. The topological polar surface area (TPSA) is 0 Å². The number of hydrogen-bond acceptors (Lipinski definition) is 0. The van der Waals surface area contributed by atoms with Gasteiger partial charge in [0, 0.05) is 7.14 Å². The standard InChI is InChI=1S/C100H58B2I2/c103-71-51-85-77-45-67(59-25-9-1-10-26-59)41-43-89(77)101-91-57-83-80(94-75(65-37-21-7-22-38-65)49-70(62-31-15-4-16-32-62)50-76(94)66-39-23-8-24-40-66)56-82-88-54-72(104)52-86-78-46-68(60-27-11-2-12-28-60)42-44-90(78)102(100(86)88)92-58-84-79(55-81(87(53-71)99(85)101)95(91)97(84)98(83)96(82)92)93-73(63-33-17-5-18-34-63)47-69(61-29-13-3-14-30-61)48-74(93)64-35-19-6-20-36-64/h1-58H. The Morgan fingerprint density at radius 3 is 0.721 bits per heavy atom. The minimum Gasteiger partial charge on any atom is -0.0657 e. The first-order valence-corrected chi connectivity index (χ1v) is 38.2. The zero-order chi connectivity index (χ0) is 68.4. The van der Waals surface area contributed by atoms with Crippen LogP contribution in [0.3, 0.4) is 0 Å². The Morgan fingerprint density at radius 1 is 0.163 bits per heavy atom. The van der Waals surface area contributed by atoms with E-state index < -0.39 is 0 Å². The summed E-state index contributed by atoms with van der Waals surface area (Å²) in [5.41, 5.74) is 42.8. The van der Waals surface area contributed by atoms with E-state index in [0.717, 1.165) is 0 Å². The van der Waals surface area contributed by atoms with Crippen LogP contribution in [0, 0.1) is 7.14 Å². The van der Waals surface area contributed by atoms with Gasteiger partial charge in [-0.3, -0.25) is 0 Å². The van der Waals surface area contributed by atoms with E-state index >= 15 is 0 Å². The van der Waals surface area contributed by atoms with Crippen LogP contribution in [-0.2, 0) is 0 Å². The van der Waals surface area contributed by atoms with Crippen LogP contribution in [-0.4, -0.2) is 13.4 Å². The van der Waals surface area contributed by atoms with Crippen LogP contribution in [0.25, 0.3) is 188 Å². The van der Waals surface area contributed by atoms with Gasteiger partial charge in [0.05, 0.1) is 0 Å². The molecule has 104 heavy (non-hydrogen) atoms. The number of rotatable bonds is 10. The molecule has 4 aliphatic rings. The van der Waals surface area contributed by atoms with Crippen molar-refractivity contribution in [1.82, 2.24) is 0 Å². The molecule has 0 unspecified atom stereocenters. The van der Waals surface area contributed by atoms with Gasteiger partial charge < -0.3 is 0 Å². The second-order valence-electron chi connectivity index (χ2n) is 28.6. The first-order chi connectivity index (χ1) is 51.4. The predicted molar refractivity (Wildman–Crippen MR) is 461 cm³/mol. The largest absolute Gasteiger partial charge is 0.244 e. The van der Waals surface area contributed by atoms with Gasteiger partial charge in [0.25, 0.3) is 0 Å². The molecule has 18 aromatic carbocycles. The Bertz CT molecular complexity index is 6090. The molecule has 0 fully saturated rings. The molecule has 478 valence electrons. The number of benzene rings is 18. The Labute approximate surface area is 632 Å². The molecule has 0 aliphatic carbocycles. The predicted octanol–water partition coefficient (Wildman–Crippen LogP) is 23.4. The minimum atomic E-state index is -0.0559. The number of halogens is 2. The van der Waals surface area contributed by atoms with Crippen molar-refractivity contribution in [3.8, 4) is 156 Å². The van der Waals surface area contributed by atoms with E-state index in [9.17, 15) is 0 Å². The molecule has 4 aliphatic heterocycles. The molecule has 0 atom stereocenters. The molecule has 0 radical (unpaired) electrons. The highest BCUT2D eigenvalue weighted by Crippen LogP contribution is 2.56. The molecule has 4 heteroatoms. The Morgan fingerprint density at radius 2 is 0.423 bits per heavy atom. The lowest BCUT2D eigenvalue weighted by atomic mass is 9.34. The van der Waals surface area contributed by atoms with Gasteiger partial charge in [-0.05, 0) is 306 Å². The molecule has 0 nitrogen and oxygen atoms in total. The smallest absolute Gasteiger partial charge is 0.0657 e. The zero-order valence-electron chi connectivity index (χ0n) is 56.4. The molecule has 0 spiro atoms. The molecular formula is C100H58B2I2. The maximum atomic E-state index is 2.73. The van der Waals surface area contributed by atoms with Crippen molar-refractivity contribution in [2.45, 2.75) is 0 Å². The summed E-state index contributed by atoms with van der Waals surface area (Å²) in [6, 6.07) is 135. The summed E-state index contributed by atoms with van der Waals surface area (Å²) in [6.45, 7) is -0.112. The van der Waals surface area contributed by atoms with Crippen LogP contribution < -0.4 is 32.8 Å². The van der Waals surface area contributed by atoms with Crippen molar-refractivity contribution in [2.75, 3.05) is 0 Å².